The van der Waals surface area contributed by atoms with E-state index in [-0.39, 0.29) is 18.3 Å². The summed E-state index contributed by atoms with van der Waals surface area (Å²) in [7, 11) is 0. The molecule has 0 spiro atoms. The lowest BCUT2D eigenvalue weighted by Gasteiger charge is -2.33. The molecule has 1 aliphatic rings. The molecule has 0 bridgehead atoms. The number of hydrogen-bond acceptors (Lipinski definition) is 5. The molecule has 1 heterocycles. The van der Waals surface area contributed by atoms with Crippen LogP contribution in [0.1, 0.15) is 32.4 Å². The predicted molar refractivity (Wildman–Crippen MR) is 102 cm³/mol. The highest BCUT2D eigenvalue weighted by molar-refractivity contribution is 6.16. The Labute approximate surface area is 164 Å². The van der Waals surface area contributed by atoms with Crippen LogP contribution in [0, 0.1) is 29.6 Å². The number of carbonyl (C=O) groups is 4. The molecule has 7 nitrogen and oxygen atoms in total. The number of hydrogen-bond donors (Lipinski definition) is 3. The quantitative estimate of drug-likeness (QED) is 0.467. The summed E-state index contributed by atoms with van der Waals surface area (Å²) in [6.07, 6.45) is 0. The first kappa shape index (κ1) is 22.8. The molecule has 0 radical (unpaired) electrons. The first-order chi connectivity index (χ1) is 12.2. The second kappa shape index (κ2) is 9.10. The fourth-order valence-electron chi connectivity index (χ4n) is 3.65. The molecule has 2 unspecified atom stereocenters. The molecule has 1 aromatic rings. The van der Waals surface area contributed by atoms with Crippen molar-refractivity contribution in [3.8, 4) is 0 Å². The highest BCUT2D eigenvalue weighted by Gasteiger charge is 2.49. The smallest absolute Gasteiger partial charge is 0.237 e. The Hall–Kier alpha value is -2.25. The van der Waals surface area contributed by atoms with Crippen LogP contribution in [-0.2, 0) is 19.2 Å². The van der Waals surface area contributed by atoms with Crippen molar-refractivity contribution >= 4 is 35.9 Å². The van der Waals surface area contributed by atoms with Crippen molar-refractivity contribution < 1.29 is 19.2 Å². The summed E-state index contributed by atoms with van der Waals surface area (Å²) < 4.78 is 0. The van der Waals surface area contributed by atoms with Crippen LogP contribution in [0.15, 0.2) is 30.3 Å². The molecular formula is C19H26ClN3O4. The van der Waals surface area contributed by atoms with Gasteiger partial charge in [-0.2, -0.15) is 0 Å². The molecule has 8 heteroatoms. The Morgan fingerprint density at radius 1 is 1.04 bits per heavy atom. The molecule has 0 saturated carbocycles. The van der Waals surface area contributed by atoms with Crippen molar-refractivity contribution in [1.82, 2.24) is 5.32 Å². The highest BCUT2D eigenvalue weighted by Crippen LogP contribution is 2.35. The summed E-state index contributed by atoms with van der Waals surface area (Å²) >= 11 is 0. The van der Waals surface area contributed by atoms with Gasteiger partial charge in [0.2, 0.25) is 17.7 Å². The minimum absolute atomic E-state index is 0. The summed E-state index contributed by atoms with van der Waals surface area (Å²) in [5.41, 5.74) is 12.6. The highest BCUT2D eigenvalue weighted by atomic mass is 35.5. The SMILES string of the molecule is CC(C)[C@H](C(=O)[C@@H]1C(=O)NC(=O)[C@H]1C)C(C(N)=O)C(N)c1ccccc1.Cl. The maximum Gasteiger partial charge on any atom is 0.237 e. The molecule has 0 aromatic heterocycles. The van der Waals surface area contributed by atoms with Crippen LogP contribution in [0.25, 0.3) is 0 Å². The van der Waals surface area contributed by atoms with Crippen LogP contribution >= 0.6 is 12.4 Å². The van der Waals surface area contributed by atoms with Crippen molar-refractivity contribution in [2.75, 3.05) is 0 Å². The Bertz CT molecular complexity index is 723. The number of ketones is 1. The Kier molecular flexibility index (Phi) is 7.68. The number of amides is 3. The molecule has 5 atom stereocenters. The summed E-state index contributed by atoms with van der Waals surface area (Å²) in [4.78, 5) is 49.2. The fourth-order valence-corrected chi connectivity index (χ4v) is 3.65. The third kappa shape index (κ3) is 4.54. The van der Waals surface area contributed by atoms with E-state index in [1.54, 1.807) is 38.1 Å². The van der Waals surface area contributed by atoms with Gasteiger partial charge >= 0.3 is 0 Å². The fraction of sp³-hybridized carbons (Fsp3) is 0.474. The average molecular weight is 396 g/mol. The molecular weight excluding hydrogens is 370 g/mol. The normalized spacial score (nSPS) is 22.6. The van der Waals surface area contributed by atoms with E-state index in [2.05, 4.69) is 5.32 Å². The molecule has 148 valence electrons. The average Bonchev–Trinajstić information content (AvgIpc) is 2.83. The van der Waals surface area contributed by atoms with Crippen LogP contribution < -0.4 is 16.8 Å². The van der Waals surface area contributed by atoms with Crippen LogP contribution in [0.3, 0.4) is 0 Å². The third-order valence-corrected chi connectivity index (χ3v) is 5.08. The molecule has 0 aliphatic carbocycles. The number of primary amides is 1. The van der Waals surface area contributed by atoms with E-state index in [1.807, 2.05) is 6.07 Å². The monoisotopic (exact) mass is 395 g/mol. The van der Waals surface area contributed by atoms with E-state index in [0.717, 1.165) is 0 Å². The van der Waals surface area contributed by atoms with Crippen molar-refractivity contribution in [2.45, 2.75) is 26.8 Å². The molecule has 5 N–H and O–H groups in total. The first-order valence-corrected chi connectivity index (χ1v) is 8.65. The van der Waals surface area contributed by atoms with E-state index in [1.165, 1.54) is 6.92 Å². The first-order valence-electron chi connectivity index (χ1n) is 8.65. The van der Waals surface area contributed by atoms with Gasteiger partial charge in [0.15, 0.2) is 0 Å². The van der Waals surface area contributed by atoms with E-state index in [9.17, 15) is 19.2 Å². The molecule has 3 amide bonds. The number of rotatable bonds is 7. The lowest BCUT2D eigenvalue weighted by molar-refractivity contribution is -0.142. The van der Waals surface area contributed by atoms with Crippen molar-refractivity contribution in [2.24, 2.45) is 41.1 Å². The summed E-state index contributed by atoms with van der Waals surface area (Å²) in [6, 6.07) is 8.11. The van der Waals surface area contributed by atoms with E-state index in [4.69, 9.17) is 11.5 Å². The van der Waals surface area contributed by atoms with Crippen LogP contribution in [-0.4, -0.2) is 23.5 Å². The molecule has 1 aliphatic heterocycles. The zero-order valence-corrected chi connectivity index (χ0v) is 16.4. The minimum Gasteiger partial charge on any atom is -0.369 e. The van der Waals surface area contributed by atoms with Gasteiger partial charge in [0.25, 0.3) is 0 Å². The zero-order valence-electron chi connectivity index (χ0n) is 15.5. The van der Waals surface area contributed by atoms with E-state index >= 15 is 0 Å². The summed E-state index contributed by atoms with van der Waals surface area (Å²) in [6.45, 7) is 5.07. The van der Waals surface area contributed by atoms with Gasteiger partial charge in [-0.25, -0.2) is 0 Å². The summed E-state index contributed by atoms with van der Waals surface area (Å²) in [5, 5.41) is 2.17. The van der Waals surface area contributed by atoms with E-state index < -0.39 is 53.2 Å². The predicted octanol–water partition coefficient (Wildman–Crippen LogP) is 0.960. The van der Waals surface area contributed by atoms with Gasteiger partial charge in [0, 0.05) is 12.0 Å². The van der Waals surface area contributed by atoms with Gasteiger partial charge in [-0.05, 0) is 11.5 Å². The molecule has 1 aromatic carbocycles. The van der Waals surface area contributed by atoms with Gasteiger partial charge < -0.3 is 11.5 Å². The maximum absolute atomic E-state index is 13.2. The number of halogens is 1. The second-order valence-corrected chi connectivity index (χ2v) is 7.16. The number of carbonyl (C=O) groups excluding carboxylic acids is 4. The van der Waals surface area contributed by atoms with Crippen LogP contribution in [0.2, 0.25) is 0 Å². The molecule has 1 saturated heterocycles. The van der Waals surface area contributed by atoms with Gasteiger partial charge in [-0.1, -0.05) is 51.1 Å². The topological polar surface area (TPSA) is 132 Å². The van der Waals surface area contributed by atoms with Gasteiger partial charge in [0.05, 0.1) is 11.8 Å². The zero-order chi connectivity index (χ0) is 19.6. The lowest BCUT2D eigenvalue weighted by atomic mass is 9.70. The molecule has 1 fully saturated rings. The lowest BCUT2D eigenvalue weighted by Crippen LogP contribution is -2.46. The van der Waals surface area contributed by atoms with Crippen LogP contribution in [0.4, 0.5) is 0 Å². The Balaban J connectivity index is 0.00000364. The summed E-state index contributed by atoms with van der Waals surface area (Å²) in [5.74, 6) is -6.33. The molecule has 27 heavy (non-hydrogen) atoms. The number of Topliss-reactive ketones (excluding diaryl/α,β-unsaturated/α-hetero) is 1. The second-order valence-electron chi connectivity index (χ2n) is 7.16. The van der Waals surface area contributed by atoms with Crippen LogP contribution in [0.5, 0.6) is 0 Å². The maximum atomic E-state index is 13.2. The number of nitrogens with one attached hydrogen (secondary N) is 1. The standard InChI is InChI=1S/C19H25N3O4.ClH/c1-9(2)12(16(23)13-10(3)18(25)22-19(13)26)14(17(21)24)15(20)11-7-5-4-6-8-11;/h4-10,12-15H,20H2,1-3H3,(H2,21,24)(H,22,25,26);1H/t10-,12-,13+,14?,15?;/m0./s1. The largest absolute Gasteiger partial charge is 0.369 e. The van der Waals surface area contributed by atoms with Crippen molar-refractivity contribution in [3.05, 3.63) is 35.9 Å². The number of imide groups is 1. The third-order valence-electron chi connectivity index (χ3n) is 5.08. The number of nitrogens with two attached hydrogens (primary N) is 2. The van der Waals surface area contributed by atoms with Gasteiger partial charge in [0.1, 0.15) is 11.7 Å². The van der Waals surface area contributed by atoms with Gasteiger partial charge in [-0.15, -0.1) is 12.4 Å². The van der Waals surface area contributed by atoms with Gasteiger partial charge in [-0.3, -0.25) is 24.5 Å². The van der Waals surface area contributed by atoms with Crippen molar-refractivity contribution in [1.29, 1.82) is 0 Å². The molecule has 2 rings (SSSR count). The van der Waals surface area contributed by atoms with E-state index in [0.29, 0.717) is 5.56 Å². The minimum atomic E-state index is -1.13. The van der Waals surface area contributed by atoms with Crippen molar-refractivity contribution in [3.63, 3.8) is 0 Å². The number of benzene rings is 1. The Morgan fingerprint density at radius 3 is 2.00 bits per heavy atom. The Morgan fingerprint density at radius 2 is 1.59 bits per heavy atom.